The highest BCUT2D eigenvalue weighted by atomic mass is 32.2. The molecule has 2 aliphatic rings. The van der Waals surface area contributed by atoms with Gasteiger partial charge in [-0.05, 0) is 42.2 Å². The van der Waals surface area contributed by atoms with Crippen molar-refractivity contribution >= 4 is 27.7 Å². The van der Waals surface area contributed by atoms with Crippen LogP contribution in [0.4, 0.5) is 0 Å². The average Bonchev–Trinajstić information content (AvgIpc) is 3.17. The number of carbonyl (C=O) groups is 1. The lowest BCUT2D eigenvalue weighted by molar-refractivity contribution is -0.107. The maximum Gasteiger partial charge on any atom is 0.264 e. The fourth-order valence-electron chi connectivity index (χ4n) is 3.72. The molecule has 1 aromatic rings. The van der Waals surface area contributed by atoms with E-state index in [9.17, 15) is 13.2 Å². The van der Waals surface area contributed by atoms with Crippen LogP contribution < -0.4 is 0 Å². The van der Waals surface area contributed by atoms with Crippen molar-refractivity contribution < 1.29 is 17.8 Å². The second-order valence-electron chi connectivity index (χ2n) is 7.78. The van der Waals surface area contributed by atoms with Crippen molar-refractivity contribution in [3.8, 4) is 0 Å². The van der Waals surface area contributed by atoms with E-state index in [1.807, 2.05) is 18.3 Å². The minimum absolute atomic E-state index is 0.108. The second-order valence-corrected chi connectivity index (χ2v) is 10.3. The lowest BCUT2D eigenvalue weighted by Crippen LogP contribution is -2.05. The number of rotatable bonds is 6. The second kappa shape index (κ2) is 15.2. The van der Waals surface area contributed by atoms with Crippen LogP contribution >= 0.6 is 11.3 Å². The van der Waals surface area contributed by atoms with E-state index in [2.05, 4.69) is 11.4 Å². The molecule has 2 fully saturated rings. The van der Waals surface area contributed by atoms with Gasteiger partial charge in [0.15, 0.2) is 0 Å². The third kappa shape index (κ3) is 12.0. The number of hydrogen-bond donors (Lipinski definition) is 1. The van der Waals surface area contributed by atoms with Gasteiger partial charge in [0.2, 0.25) is 0 Å². The molecular weight excluding hydrogens is 392 g/mol. The minimum atomic E-state index is -3.69. The summed E-state index contributed by atoms with van der Waals surface area (Å²) in [6.45, 7) is 1.87. The summed E-state index contributed by atoms with van der Waals surface area (Å²) in [5.41, 5.74) is 1.27. The summed E-state index contributed by atoms with van der Waals surface area (Å²) in [6, 6.07) is 2.11. The van der Waals surface area contributed by atoms with Crippen LogP contribution in [-0.4, -0.2) is 25.0 Å². The predicted octanol–water partition coefficient (Wildman–Crippen LogP) is 6.55. The zero-order chi connectivity index (χ0) is 20.7. The standard InChI is InChI=1S/C12H16OS.C6H12.C4H10O3S/c13-8-6-11-7-9-14-12(11)10-4-2-1-3-5-10;1-2-4-6-5-3-1;1-2-3-4-8(5,6)7/h7-10H,1-6H2;1-6H2;2-4H2,1H3,(H,5,6,7). The number of carbonyl (C=O) groups excluding carboxylic acids is 1. The Labute approximate surface area is 175 Å². The molecule has 4 nitrogen and oxygen atoms in total. The fraction of sp³-hybridized carbons (Fsp3) is 0.773. The van der Waals surface area contributed by atoms with Gasteiger partial charge < -0.3 is 4.79 Å². The molecular formula is C22H38O4S2. The zero-order valence-corrected chi connectivity index (χ0v) is 19.0. The Morgan fingerprint density at radius 2 is 1.57 bits per heavy atom. The molecule has 0 amide bonds. The largest absolute Gasteiger partial charge is 0.303 e. The summed E-state index contributed by atoms with van der Waals surface area (Å²) in [6.07, 6.45) is 18.7. The van der Waals surface area contributed by atoms with Gasteiger partial charge in [0.05, 0.1) is 5.75 Å². The van der Waals surface area contributed by atoms with Gasteiger partial charge in [-0.2, -0.15) is 8.42 Å². The molecule has 1 aromatic heterocycles. The Bertz CT molecular complexity index is 601. The van der Waals surface area contributed by atoms with E-state index in [1.165, 1.54) is 81.1 Å². The molecule has 0 aliphatic heterocycles. The highest BCUT2D eigenvalue weighted by Crippen LogP contribution is 2.37. The minimum Gasteiger partial charge on any atom is -0.303 e. The molecule has 0 saturated heterocycles. The Hall–Kier alpha value is -0.720. The van der Waals surface area contributed by atoms with Crippen molar-refractivity contribution in [2.24, 2.45) is 0 Å². The van der Waals surface area contributed by atoms with E-state index < -0.39 is 10.1 Å². The van der Waals surface area contributed by atoms with E-state index in [0.29, 0.717) is 12.8 Å². The van der Waals surface area contributed by atoms with E-state index in [0.717, 1.165) is 18.6 Å². The molecule has 162 valence electrons. The predicted molar refractivity (Wildman–Crippen MR) is 119 cm³/mol. The first-order valence-corrected chi connectivity index (χ1v) is 13.4. The molecule has 1 heterocycles. The zero-order valence-electron chi connectivity index (χ0n) is 17.4. The summed E-state index contributed by atoms with van der Waals surface area (Å²) < 4.78 is 28.0. The van der Waals surface area contributed by atoms with Crippen molar-refractivity contribution in [3.05, 3.63) is 21.9 Å². The SMILES string of the molecule is C1CCCCC1.CCCCS(=O)(=O)O.O=CCc1ccsc1C1CCCCC1. The summed E-state index contributed by atoms with van der Waals surface area (Å²) >= 11 is 1.84. The van der Waals surface area contributed by atoms with Crippen molar-refractivity contribution in [3.63, 3.8) is 0 Å². The average molecular weight is 431 g/mol. The smallest absolute Gasteiger partial charge is 0.264 e. The van der Waals surface area contributed by atoms with Crippen LogP contribution in [0.15, 0.2) is 11.4 Å². The maximum absolute atomic E-state index is 10.5. The first kappa shape index (κ1) is 25.3. The monoisotopic (exact) mass is 430 g/mol. The molecule has 0 bridgehead atoms. The van der Waals surface area contributed by atoms with E-state index in [-0.39, 0.29) is 5.75 Å². The molecule has 6 heteroatoms. The maximum atomic E-state index is 10.5. The van der Waals surface area contributed by atoms with Crippen molar-refractivity contribution in [1.29, 1.82) is 0 Å². The van der Waals surface area contributed by atoms with Gasteiger partial charge in [0.25, 0.3) is 10.1 Å². The van der Waals surface area contributed by atoms with Crippen molar-refractivity contribution in [2.75, 3.05) is 5.75 Å². The molecule has 2 aliphatic carbocycles. The van der Waals surface area contributed by atoms with Crippen LogP contribution in [0.3, 0.4) is 0 Å². The van der Waals surface area contributed by atoms with Crippen LogP contribution in [0, 0.1) is 0 Å². The Morgan fingerprint density at radius 3 is 2.00 bits per heavy atom. The Balaban J connectivity index is 0.000000237. The van der Waals surface area contributed by atoms with Gasteiger partial charge in [0.1, 0.15) is 6.29 Å². The summed E-state index contributed by atoms with van der Waals surface area (Å²) in [7, 11) is -3.69. The van der Waals surface area contributed by atoms with Crippen LogP contribution in [0.1, 0.15) is 107 Å². The van der Waals surface area contributed by atoms with Gasteiger partial charge in [-0.1, -0.05) is 71.1 Å². The van der Waals surface area contributed by atoms with Crippen molar-refractivity contribution in [1.82, 2.24) is 0 Å². The van der Waals surface area contributed by atoms with Crippen LogP contribution in [-0.2, 0) is 21.3 Å². The van der Waals surface area contributed by atoms with Gasteiger partial charge in [-0.15, -0.1) is 11.3 Å². The van der Waals surface area contributed by atoms with Crippen LogP contribution in [0.5, 0.6) is 0 Å². The summed E-state index contributed by atoms with van der Waals surface area (Å²) in [5.74, 6) is 0.641. The number of aldehydes is 1. The van der Waals surface area contributed by atoms with E-state index >= 15 is 0 Å². The van der Waals surface area contributed by atoms with Gasteiger partial charge in [-0.3, -0.25) is 4.55 Å². The number of hydrogen-bond acceptors (Lipinski definition) is 4. The molecule has 0 spiro atoms. The third-order valence-corrected chi connectivity index (χ3v) is 7.24. The summed E-state index contributed by atoms with van der Waals surface area (Å²) in [5, 5.41) is 2.13. The first-order chi connectivity index (χ1) is 13.5. The molecule has 0 radical (unpaired) electrons. The lowest BCUT2D eigenvalue weighted by atomic mass is 9.86. The topological polar surface area (TPSA) is 71.4 Å². The lowest BCUT2D eigenvalue weighted by Gasteiger charge is -2.21. The molecule has 28 heavy (non-hydrogen) atoms. The normalized spacial score (nSPS) is 17.6. The van der Waals surface area contributed by atoms with E-state index in [4.69, 9.17) is 4.55 Å². The summed E-state index contributed by atoms with van der Waals surface area (Å²) in [4.78, 5) is 12.0. The third-order valence-electron chi connectivity index (χ3n) is 5.32. The van der Waals surface area contributed by atoms with Gasteiger partial charge in [-0.25, -0.2) is 0 Å². The number of thiophene rings is 1. The quantitative estimate of drug-likeness (QED) is 0.410. The number of unbranched alkanes of at least 4 members (excludes halogenated alkanes) is 1. The van der Waals surface area contributed by atoms with Gasteiger partial charge in [0, 0.05) is 11.3 Å². The molecule has 0 atom stereocenters. The highest BCUT2D eigenvalue weighted by Gasteiger charge is 2.19. The highest BCUT2D eigenvalue weighted by molar-refractivity contribution is 7.85. The van der Waals surface area contributed by atoms with Crippen molar-refractivity contribution in [2.45, 2.75) is 103 Å². The van der Waals surface area contributed by atoms with E-state index in [1.54, 1.807) is 0 Å². The Morgan fingerprint density at radius 1 is 1.04 bits per heavy atom. The first-order valence-electron chi connectivity index (χ1n) is 10.9. The molecule has 2 saturated carbocycles. The Kier molecular flexibility index (Phi) is 13.7. The van der Waals surface area contributed by atoms with Crippen LogP contribution in [0.2, 0.25) is 0 Å². The molecule has 1 N–H and O–H groups in total. The molecule has 3 rings (SSSR count). The fourth-order valence-corrected chi connectivity index (χ4v) is 5.48. The van der Waals surface area contributed by atoms with Gasteiger partial charge >= 0.3 is 0 Å². The molecule has 0 unspecified atom stereocenters. The van der Waals surface area contributed by atoms with Crippen LogP contribution in [0.25, 0.3) is 0 Å². The molecule has 0 aromatic carbocycles.